The summed E-state index contributed by atoms with van der Waals surface area (Å²) in [6, 6.07) is 9.64. The quantitative estimate of drug-likeness (QED) is 0.882. The molecule has 2 heterocycles. The van der Waals surface area contributed by atoms with Crippen molar-refractivity contribution in [2.45, 2.75) is 19.6 Å². The third kappa shape index (κ3) is 4.44. The standard InChI is InChI=1S/C18H21ClN2O2/c19-17-3-4-18(23-13-14-2-1-6-20-9-14)16(8-17)11-21-7-5-15(10-21)12-22/h1-4,6,8-9,15,22H,5,7,10-13H2. The van der Waals surface area contributed by atoms with E-state index in [1.54, 1.807) is 6.20 Å². The second-order valence-corrected chi connectivity index (χ2v) is 6.41. The topological polar surface area (TPSA) is 45.6 Å². The van der Waals surface area contributed by atoms with Gasteiger partial charge in [0.1, 0.15) is 12.4 Å². The van der Waals surface area contributed by atoms with E-state index in [4.69, 9.17) is 16.3 Å². The largest absolute Gasteiger partial charge is 0.489 e. The molecule has 0 bridgehead atoms. The van der Waals surface area contributed by atoms with E-state index in [0.29, 0.717) is 17.5 Å². The maximum atomic E-state index is 9.28. The molecule has 1 fully saturated rings. The Morgan fingerprint density at radius 2 is 2.26 bits per heavy atom. The molecular weight excluding hydrogens is 312 g/mol. The van der Waals surface area contributed by atoms with Crippen molar-refractivity contribution in [2.75, 3.05) is 19.7 Å². The highest BCUT2D eigenvalue weighted by Gasteiger charge is 2.22. The third-order valence-corrected chi connectivity index (χ3v) is 4.40. The smallest absolute Gasteiger partial charge is 0.124 e. The molecule has 23 heavy (non-hydrogen) atoms. The number of aromatic nitrogens is 1. The van der Waals surface area contributed by atoms with Gasteiger partial charge in [0, 0.05) is 48.2 Å². The minimum absolute atomic E-state index is 0.260. The van der Waals surface area contributed by atoms with Gasteiger partial charge in [-0.05, 0) is 43.1 Å². The number of hydrogen-bond donors (Lipinski definition) is 1. The number of rotatable bonds is 6. The number of ether oxygens (including phenoxy) is 1. The summed E-state index contributed by atoms with van der Waals surface area (Å²) in [6.07, 6.45) is 4.60. The summed E-state index contributed by atoms with van der Waals surface area (Å²) in [5, 5.41) is 9.99. The summed E-state index contributed by atoms with van der Waals surface area (Å²) in [5.74, 6) is 1.24. The van der Waals surface area contributed by atoms with E-state index in [9.17, 15) is 5.11 Å². The van der Waals surface area contributed by atoms with Crippen molar-refractivity contribution in [2.24, 2.45) is 5.92 Å². The average molecular weight is 333 g/mol. The van der Waals surface area contributed by atoms with Crippen LogP contribution in [0.3, 0.4) is 0 Å². The lowest BCUT2D eigenvalue weighted by Gasteiger charge is -2.19. The van der Waals surface area contributed by atoms with Gasteiger partial charge in [-0.1, -0.05) is 17.7 Å². The van der Waals surface area contributed by atoms with Crippen LogP contribution in [-0.4, -0.2) is 34.7 Å². The Balaban J connectivity index is 1.68. The van der Waals surface area contributed by atoms with Crippen molar-refractivity contribution in [1.82, 2.24) is 9.88 Å². The molecule has 4 nitrogen and oxygen atoms in total. The maximum Gasteiger partial charge on any atom is 0.124 e. The highest BCUT2D eigenvalue weighted by atomic mass is 35.5. The molecule has 5 heteroatoms. The summed E-state index contributed by atoms with van der Waals surface area (Å²) in [6.45, 7) is 3.46. The minimum Gasteiger partial charge on any atom is -0.489 e. The second-order valence-electron chi connectivity index (χ2n) is 5.97. The number of likely N-dealkylation sites (tertiary alicyclic amines) is 1. The lowest BCUT2D eigenvalue weighted by molar-refractivity contribution is 0.219. The molecule has 122 valence electrons. The number of nitrogens with zero attached hydrogens (tertiary/aromatic N) is 2. The lowest BCUT2D eigenvalue weighted by atomic mass is 10.1. The summed E-state index contributed by atoms with van der Waals surface area (Å²) in [4.78, 5) is 6.44. The molecule has 1 atom stereocenters. The Morgan fingerprint density at radius 1 is 1.35 bits per heavy atom. The second kappa shape index (κ2) is 7.77. The van der Waals surface area contributed by atoms with Gasteiger partial charge >= 0.3 is 0 Å². The zero-order valence-electron chi connectivity index (χ0n) is 13.0. The molecule has 3 rings (SSSR count). The van der Waals surface area contributed by atoms with Gasteiger partial charge in [-0.15, -0.1) is 0 Å². The first-order valence-corrected chi connectivity index (χ1v) is 8.25. The average Bonchev–Trinajstić information content (AvgIpc) is 3.03. The number of pyridine rings is 1. The number of benzene rings is 1. The first-order chi connectivity index (χ1) is 11.2. The summed E-state index contributed by atoms with van der Waals surface area (Å²) < 4.78 is 5.97. The molecule has 0 amide bonds. The fraction of sp³-hybridized carbons (Fsp3) is 0.389. The fourth-order valence-corrected chi connectivity index (χ4v) is 3.10. The Hall–Kier alpha value is -1.62. The van der Waals surface area contributed by atoms with Crippen LogP contribution in [0.1, 0.15) is 17.5 Å². The Morgan fingerprint density at radius 3 is 3.00 bits per heavy atom. The predicted octanol–water partition coefficient (Wildman–Crippen LogP) is 3.13. The van der Waals surface area contributed by atoms with Crippen molar-refractivity contribution in [3.05, 3.63) is 58.9 Å². The van der Waals surface area contributed by atoms with Crippen molar-refractivity contribution in [1.29, 1.82) is 0 Å². The Kier molecular flexibility index (Phi) is 5.49. The molecule has 0 radical (unpaired) electrons. The van der Waals surface area contributed by atoms with Crippen LogP contribution >= 0.6 is 11.6 Å². The zero-order chi connectivity index (χ0) is 16.1. The molecule has 1 aliphatic heterocycles. The molecule has 1 saturated heterocycles. The zero-order valence-corrected chi connectivity index (χ0v) is 13.7. The van der Waals surface area contributed by atoms with Crippen LogP contribution in [0, 0.1) is 5.92 Å². The van der Waals surface area contributed by atoms with Crippen LogP contribution in [0.15, 0.2) is 42.7 Å². The maximum absolute atomic E-state index is 9.28. The van der Waals surface area contributed by atoms with Gasteiger partial charge in [-0.25, -0.2) is 0 Å². The first-order valence-electron chi connectivity index (χ1n) is 7.88. The number of hydrogen-bond acceptors (Lipinski definition) is 4. The van der Waals surface area contributed by atoms with Gasteiger partial charge in [-0.2, -0.15) is 0 Å². The Labute approximate surface area is 141 Å². The van der Waals surface area contributed by atoms with Crippen molar-refractivity contribution in [3.63, 3.8) is 0 Å². The molecule has 0 aliphatic carbocycles. The molecule has 1 aromatic carbocycles. The van der Waals surface area contributed by atoms with E-state index in [1.165, 1.54) is 0 Å². The van der Waals surface area contributed by atoms with Gasteiger partial charge in [0.25, 0.3) is 0 Å². The molecular formula is C18H21ClN2O2. The normalized spacial score (nSPS) is 18.3. The first kappa shape index (κ1) is 16.2. The summed E-state index contributed by atoms with van der Waals surface area (Å²) >= 11 is 6.15. The SMILES string of the molecule is OCC1CCN(Cc2cc(Cl)ccc2OCc2cccnc2)C1. The minimum atomic E-state index is 0.260. The van der Waals surface area contributed by atoms with E-state index >= 15 is 0 Å². The van der Waals surface area contributed by atoms with Crippen molar-refractivity contribution in [3.8, 4) is 5.75 Å². The van der Waals surface area contributed by atoms with Gasteiger partial charge in [0.15, 0.2) is 0 Å². The van der Waals surface area contributed by atoms with E-state index in [-0.39, 0.29) is 6.61 Å². The van der Waals surface area contributed by atoms with Crippen LogP contribution in [0.2, 0.25) is 5.02 Å². The van der Waals surface area contributed by atoms with Gasteiger partial charge < -0.3 is 9.84 Å². The third-order valence-electron chi connectivity index (χ3n) is 4.16. The molecule has 0 saturated carbocycles. The summed E-state index contributed by atoms with van der Waals surface area (Å²) in [7, 11) is 0. The van der Waals surface area contributed by atoms with E-state index in [2.05, 4.69) is 9.88 Å². The van der Waals surface area contributed by atoms with E-state index in [1.807, 2.05) is 36.5 Å². The van der Waals surface area contributed by atoms with Crippen molar-refractivity contribution < 1.29 is 9.84 Å². The van der Waals surface area contributed by atoms with Crippen LogP contribution in [0.25, 0.3) is 0 Å². The number of aliphatic hydroxyl groups is 1. The molecule has 1 unspecified atom stereocenters. The van der Waals surface area contributed by atoms with Crippen LogP contribution in [0.5, 0.6) is 5.75 Å². The Bertz CT molecular complexity index is 636. The molecule has 2 aromatic rings. The summed E-state index contributed by atoms with van der Waals surface area (Å²) in [5.41, 5.74) is 2.12. The predicted molar refractivity (Wildman–Crippen MR) is 90.5 cm³/mol. The van der Waals surface area contributed by atoms with E-state index in [0.717, 1.165) is 42.9 Å². The molecule has 0 spiro atoms. The van der Waals surface area contributed by atoms with Crippen molar-refractivity contribution >= 4 is 11.6 Å². The highest BCUT2D eigenvalue weighted by molar-refractivity contribution is 6.30. The van der Waals surface area contributed by atoms with Crippen LogP contribution in [0.4, 0.5) is 0 Å². The molecule has 1 aliphatic rings. The van der Waals surface area contributed by atoms with Crippen LogP contribution < -0.4 is 4.74 Å². The lowest BCUT2D eigenvalue weighted by Crippen LogP contribution is -2.21. The van der Waals surface area contributed by atoms with Gasteiger partial charge in [0.2, 0.25) is 0 Å². The monoisotopic (exact) mass is 332 g/mol. The van der Waals surface area contributed by atoms with Gasteiger partial charge in [0.05, 0.1) is 0 Å². The fourth-order valence-electron chi connectivity index (χ4n) is 2.90. The number of halogens is 1. The molecule has 1 aromatic heterocycles. The van der Waals surface area contributed by atoms with Crippen LogP contribution in [-0.2, 0) is 13.2 Å². The highest BCUT2D eigenvalue weighted by Crippen LogP contribution is 2.27. The van der Waals surface area contributed by atoms with Gasteiger partial charge in [-0.3, -0.25) is 9.88 Å². The number of aliphatic hydroxyl groups excluding tert-OH is 1. The molecule has 1 N–H and O–H groups in total. The van der Waals surface area contributed by atoms with E-state index < -0.39 is 0 Å².